The number of para-hydroxylation sites is 1. The fraction of sp³-hybridized carbons (Fsp3) is 0.286. The first-order valence-electron chi connectivity index (χ1n) is 9.34. The molecule has 4 rings (SSSR count). The summed E-state index contributed by atoms with van der Waals surface area (Å²) in [7, 11) is 3.76. The number of likely N-dealkylation sites (N-methyl/N-ethyl adjacent to an activating group) is 1. The highest BCUT2D eigenvalue weighted by molar-refractivity contribution is 6.10. The highest BCUT2D eigenvalue weighted by Crippen LogP contribution is 2.20. The molecule has 1 aliphatic heterocycles. The molecular weight excluding hydrogens is 354 g/mol. The number of anilines is 1. The largest absolute Gasteiger partial charge is 0.333 e. The molecule has 0 bridgehead atoms. The summed E-state index contributed by atoms with van der Waals surface area (Å²) < 4.78 is 1.72. The zero-order chi connectivity index (χ0) is 19.7. The smallest absolute Gasteiger partial charge is 0.290 e. The van der Waals surface area contributed by atoms with Crippen LogP contribution in [0.15, 0.2) is 54.7 Å². The predicted molar refractivity (Wildman–Crippen MR) is 108 cm³/mol. The number of aromatic nitrogens is 2. The van der Waals surface area contributed by atoms with Gasteiger partial charge in [-0.15, -0.1) is 0 Å². The third-order valence-corrected chi connectivity index (χ3v) is 5.18. The van der Waals surface area contributed by atoms with Crippen LogP contribution in [0, 0.1) is 0 Å². The number of amides is 2. The number of carbonyl (C=O) groups excluding carboxylic acids is 2. The Hall–Kier alpha value is -3.19. The first kappa shape index (κ1) is 18.2. The third-order valence-electron chi connectivity index (χ3n) is 5.18. The van der Waals surface area contributed by atoms with E-state index >= 15 is 0 Å². The normalized spacial score (nSPS) is 15.0. The van der Waals surface area contributed by atoms with Crippen molar-refractivity contribution >= 4 is 23.0 Å². The molecule has 0 atom stereocenters. The number of nitrogens with zero attached hydrogens (tertiary/aromatic N) is 5. The van der Waals surface area contributed by atoms with Crippen molar-refractivity contribution in [2.24, 2.45) is 0 Å². The number of hydrogen-bond donors (Lipinski definition) is 0. The average molecular weight is 377 g/mol. The maximum absolute atomic E-state index is 13.1. The van der Waals surface area contributed by atoms with Crippen LogP contribution in [0.25, 0.3) is 5.52 Å². The fourth-order valence-corrected chi connectivity index (χ4v) is 3.42. The van der Waals surface area contributed by atoms with Crippen molar-refractivity contribution in [3.63, 3.8) is 0 Å². The van der Waals surface area contributed by atoms with Crippen molar-refractivity contribution < 1.29 is 9.59 Å². The molecule has 0 unspecified atom stereocenters. The van der Waals surface area contributed by atoms with Gasteiger partial charge in [0.15, 0.2) is 5.69 Å². The van der Waals surface area contributed by atoms with Crippen LogP contribution in [0.5, 0.6) is 0 Å². The molecule has 0 radical (unpaired) electrons. The maximum Gasteiger partial charge on any atom is 0.290 e. The number of benzene rings is 1. The lowest BCUT2D eigenvalue weighted by atomic mass is 10.2. The molecule has 0 spiro atoms. The van der Waals surface area contributed by atoms with E-state index in [-0.39, 0.29) is 23.3 Å². The Kier molecular flexibility index (Phi) is 4.83. The molecule has 1 fully saturated rings. The molecule has 0 saturated carbocycles. The van der Waals surface area contributed by atoms with Crippen LogP contribution in [0.4, 0.5) is 5.69 Å². The van der Waals surface area contributed by atoms with Gasteiger partial charge in [0.25, 0.3) is 11.8 Å². The van der Waals surface area contributed by atoms with Gasteiger partial charge >= 0.3 is 0 Å². The quantitative estimate of drug-likeness (QED) is 0.700. The standard InChI is InChI=1S/C21H23N5O2/c1-23-12-14-25(15-13-23)21(28)19-22-18(17-10-6-7-11-26(17)19)20(27)24(2)16-8-4-3-5-9-16/h3-11H,12-15H2,1-2H3. The number of pyridine rings is 1. The average Bonchev–Trinajstić information content (AvgIpc) is 3.13. The molecule has 7 nitrogen and oxygen atoms in total. The SMILES string of the molecule is CN1CCN(C(=O)c2nc(C(=O)N(C)c3ccccc3)c3ccccn23)CC1. The Morgan fingerprint density at radius 3 is 2.36 bits per heavy atom. The zero-order valence-electron chi connectivity index (χ0n) is 16.1. The van der Waals surface area contributed by atoms with Gasteiger partial charge in [-0.25, -0.2) is 4.98 Å². The third kappa shape index (κ3) is 3.25. The minimum Gasteiger partial charge on any atom is -0.333 e. The van der Waals surface area contributed by atoms with E-state index in [0.717, 1.165) is 18.8 Å². The number of fused-ring (bicyclic) bond motifs is 1. The van der Waals surface area contributed by atoms with Crippen LogP contribution in [-0.2, 0) is 0 Å². The van der Waals surface area contributed by atoms with Gasteiger partial charge in [0.1, 0.15) is 0 Å². The molecule has 28 heavy (non-hydrogen) atoms. The van der Waals surface area contributed by atoms with Gasteiger partial charge in [-0.3, -0.25) is 14.0 Å². The Balaban J connectivity index is 1.70. The lowest BCUT2D eigenvalue weighted by Crippen LogP contribution is -2.47. The summed E-state index contributed by atoms with van der Waals surface area (Å²) in [6, 6.07) is 14.9. The molecule has 144 valence electrons. The minimum absolute atomic E-state index is 0.143. The molecule has 1 aliphatic rings. The topological polar surface area (TPSA) is 61.2 Å². The van der Waals surface area contributed by atoms with E-state index in [9.17, 15) is 9.59 Å². The molecular formula is C21H23N5O2. The fourth-order valence-electron chi connectivity index (χ4n) is 3.42. The summed E-state index contributed by atoms with van der Waals surface area (Å²) in [4.78, 5) is 36.3. The van der Waals surface area contributed by atoms with E-state index in [1.807, 2.05) is 55.6 Å². The molecule has 1 aromatic carbocycles. The van der Waals surface area contributed by atoms with Gasteiger partial charge in [0, 0.05) is 45.1 Å². The van der Waals surface area contributed by atoms with Crippen LogP contribution < -0.4 is 4.90 Å². The second kappa shape index (κ2) is 7.44. The molecule has 0 aliphatic carbocycles. The van der Waals surface area contributed by atoms with E-state index in [4.69, 9.17) is 0 Å². The molecule has 3 heterocycles. The summed E-state index contributed by atoms with van der Waals surface area (Å²) in [6.07, 6.45) is 1.78. The van der Waals surface area contributed by atoms with Crippen LogP contribution >= 0.6 is 0 Å². The Labute approximate surface area is 163 Å². The molecule has 7 heteroatoms. The summed E-state index contributed by atoms with van der Waals surface area (Å²) in [6.45, 7) is 2.98. The van der Waals surface area contributed by atoms with E-state index in [2.05, 4.69) is 9.88 Å². The van der Waals surface area contributed by atoms with E-state index in [1.54, 1.807) is 27.4 Å². The minimum atomic E-state index is -0.243. The lowest BCUT2D eigenvalue weighted by molar-refractivity contribution is 0.0651. The van der Waals surface area contributed by atoms with Gasteiger partial charge in [0.2, 0.25) is 5.82 Å². The van der Waals surface area contributed by atoms with Crippen molar-refractivity contribution in [1.29, 1.82) is 0 Å². The molecule has 1 saturated heterocycles. The van der Waals surface area contributed by atoms with Gasteiger partial charge in [-0.1, -0.05) is 24.3 Å². The summed E-state index contributed by atoms with van der Waals surface area (Å²) in [5.74, 6) is -0.104. The zero-order valence-corrected chi connectivity index (χ0v) is 16.1. The van der Waals surface area contributed by atoms with Gasteiger partial charge in [-0.05, 0) is 31.3 Å². The van der Waals surface area contributed by atoms with E-state index < -0.39 is 0 Å². The van der Waals surface area contributed by atoms with Crippen LogP contribution in [0.2, 0.25) is 0 Å². The highest BCUT2D eigenvalue weighted by Gasteiger charge is 2.28. The Morgan fingerprint density at radius 1 is 0.964 bits per heavy atom. The van der Waals surface area contributed by atoms with Gasteiger partial charge in [-0.2, -0.15) is 0 Å². The number of piperazine rings is 1. The van der Waals surface area contributed by atoms with Crippen LogP contribution in [0.3, 0.4) is 0 Å². The molecule has 2 aromatic heterocycles. The van der Waals surface area contributed by atoms with Crippen molar-refractivity contribution in [1.82, 2.24) is 19.2 Å². The summed E-state index contributed by atoms with van der Waals surface area (Å²) >= 11 is 0. The predicted octanol–water partition coefficient (Wildman–Crippen LogP) is 2.00. The van der Waals surface area contributed by atoms with Gasteiger partial charge < -0.3 is 14.7 Å². The molecule has 0 N–H and O–H groups in total. The summed E-state index contributed by atoms with van der Waals surface area (Å²) in [5.41, 5.74) is 1.69. The van der Waals surface area contributed by atoms with E-state index in [0.29, 0.717) is 18.6 Å². The Bertz CT molecular complexity index is 1010. The Morgan fingerprint density at radius 2 is 1.64 bits per heavy atom. The molecule has 2 amide bonds. The first-order valence-corrected chi connectivity index (χ1v) is 9.34. The lowest BCUT2D eigenvalue weighted by Gasteiger charge is -2.31. The maximum atomic E-state index is 13.1. The second-order valence-corrected chi connectivity index (χ2v) is 7.04. The summed E-state index contributed by atoms with van der Waals surface area (Å²) in [5, 5.41) is 0. The second-order valence-electron chi connectivity index (χ2n) is 7.04. The van der Waals surface area contributed by atoms with Crippen LogP contribution in [0.1, 0.15) is 21.1 Å². The van der Waals surface area contributed by atoms with Crippen molar-refractivity contribution in [2.45, 2.75) is 0 Å². The van der Waals surface area contributed by atoms with Crippen molar-refractivity contribution in [3.8, 4) is 0 Å². The number of imidazole rings is 1. The number of carbonyl (C=O) groups is 2. The number of rotatable bonds is 3. The highest BCUT2D eigenvalue weighted by atomic mass is 16.2. The van der Waals surface area contributed by atoms with Gasteiger partial charge in [0.05, 0.1) is 5.52 Å². The van der Waals surface area contributed by atoms with E-state index in [1.165, 1.54) is 0 Å². The monoisotopic (exact) mass is 377 g/mol. The van der Waals surface area contributed by atoms with Crippen molar-refractivity contribution in [2.75, 3.05) is 45.2 Å². The molecule has 3 aromatic rings. The van der Waals surface area contributed by atoms with Crippen molar-refractivity contribution in [3.05, 3.63) is 66.2 Å². The first-order chi connectivity index (χ1) is 13.6. The van der Waals surface area contributed by atoms with Crippen LogP contribution in [-0.4, -0.2) is 71.3 Å². The number of hydrogen-bond acceptors (Lipinski definition) is 4.